The third-order valence-corrected chi connectivity index (χ3v) is 3.54. The molecule has 90 valence electrons. The zero-order valence-corrected chi connectivity index (χ0v) is 11.0. The van der Waals surface area contributed by atoms with Crippen molar-refractivity contribution in [1.29, 1.82) is 0 Å². The van der Waals surface area contributed by atoms with Crippen LogP contribution >= 0.6 is 15.9 Å². The van der Waals surface area contributed by atoms with Gasteiger partial charge in [0, 0.05) is 31.9 Å². The summed E-state index contributed by atoms with van der Waals surface area (Å²) in [5, 5.41) is 0. The fourth-order valence-corrected chi connectivity index (χ4v) is 2.27. The van der Waals surface area contributed by atoms with E-state index in [9.17, 15) is 4.39 Å². The minimum absolute atomic E-state index is 0.277. The molecule has 3 nitrogen and oxygen atoms in total. The number of aromatic nitrogens is 2. The number of benzene rings is 1. The monoisotopic (exact) mass is 297 g/mol. The van der Waals surface area contributed by atoms with Crippen LogP contribution in [0.3, 0.4) is 0 Å². The summed E-state index contributed by atoms with van der Waals surface area (Å²) in [4.78, 5) is 4.21. The minimum Gasteiger partial charge on any atom is -0.338 e. The predicted molar refractivity (Wildman–Crippen MR) is 67.9 cm³/mol. The summed E-state index contributed by atoms with van der Waals surface area (Å²) in [6.07, 6.45) is 4.16. The van der Waals surface area contributed by atoms with Crippen LogP contribution in [0, 0.1) is 5.82 Å². The number of rotatable bonds is 3. The van der Waals surface area contributed by atoms with Gasteiger partial charge in [-0.25, -0.2) is 9.37 Å². The van der Waals surface area contributed by atoms with Gasteiger partial charge in [-0.15, -0.1) is 0 Å². The molecule has 0 aliphatic carbocycles. The van der Waals surface area contributed by atoms with E-state index in [-0.39, 0.29) is 11.9 Å². The fourth-order valence-electron chi connectivity index (χ4n) is 1.71. The van der Waals surface area contributed by atoms with Crippen LogP contribution in [0.1, 0.15) is 17.4 Å². The predicted octanol–water partition coefficient (Wildman–Crippen LogP) is 2.56. The first-order valence-electron chi connectivity index (χ1n) is 5.25. The molecule has 5 heteroatoms. The highest BCUT2D eigenvalue weighted by Gasteiger charge is 2.14. The summed E-state index contributed by atoms with van der Waals surface area (Å²) in [6.45, 7) is 0. The molecule has 0 fully saturated rings. The third kappa shape index (κ3) is 2.56. The van der Waals surface area contributed by atoms with Crippen molar-refractivity contribution >= 4 is 15.9 Å². The summed E-state index contributed by atoms with van der Waals surface area (Å²) >= 11 is 3.22. The molecule has 0 aliphatic rings. The van der Waals surface area contributed by atoms with Crippen LogP contribution in [-0.2, 0) is 13.5 Å². The summed E-state index contributed by atoms with van der Waals surface area (Å²) in [5.74, 6) is 0.589. The molecule has 1 aromatic heterocycles. The van der Waals surface area contributed by atoms with Gasteiger partial charge in [-0.2, -0.15) is 0 Å². The van der Waals surface area contributed by atoms with E-state index in [2.05, 4.69) is 20.9 Å². The average Bonchev–Trinajstić information content (AvgIpc) is 2.68. The number of nitrogens with zero attached hydrogens (tertiary/aromatic N) is 2. The number of nitrogens with two attached hydrogens (primary N) is 1. The Hall–Kier alpha value is -1.20. The van der Waals surface area contributed by atoms with Crippen molar-refractivity contribution in [3.05, 3.63) is 52.3 Å². The van der Waals surface area contributed by atoms with E-state index in [1.54, 1.807) is 12.3 Å². The average molecular weight is 298 g/mol. The van der Waals surface area contributed by atoms with E-state index in [1.807, 2.05) is 23.9 Å². The third-order valence-electron chi connectivity index (χ3n) is 2.70. The maximum Gasteiger partial charge on any atom is 0.137 e. The van der Waals surface area contributed by atoms with E-state index in [1.165, 1.54) is 6.07 Å². The number of hydrogen-bond acceptors (Lipinski definition) is 2. The second kappa shape index (κ2) is 4.98. The van der Waals surface area contributed by atoms with Crippen LogP contribution in [0.2, 0.25) is 0 Å². The summed E-state index contributed by atoms with van der Waals surface area (Å²) in [6, 6.07) is 4.61. The Labute approximate surface area is 108 Å². The molecule has 1 unspecified atom stereocenters. The number of aryl methyl sites for hydroxylation is 1. The van der Waals surface area contributed by atoms with E-state index in [0.29, 0.717) is 10.9 Å². The maximum atomic E-state index is 13.4. The first-order valence-corrected chi connectivity index (χ1v) is 6.04. The van der Waals surface area contributed by atoms with Gasteiger partial charge in [0.2, 0.25) is 0 Å². The van der Waals surface area contributed by atoms with Crippen LogP contribution in [0.5, 0.6) is 0 Å². The molecular weight excluding hydrogens is 285 g/mol. The molecule has 2 aromatic rings. The van der Waals surface area contributed by atoms with Gasteiger partial charge < -0.3 is 10.3 Å². The van der Waals surface area contributed by atoms with Crippen LogP contribution in [0.4, 0.5) is 4.39 Å². The van der Waals surface area contributed by atoms with Crippen molar-refractivity contribution in [3.63, 3.8) is 0 Å². The largest absolute Gasteiger partial charge is 0.338 e. The Bertz CT molecular complexity index is 524. The Morgan fingerprint density at radius 3 is 2.94 bits per heavy atom. The molecule has 0 saturated heterocycles. The Kier molecular flexibility index (Phi) is 3.59. The second-order valence-electron chi connectivity index (χ2n) is 3.91. The van der Waals surface area contributed by atoms with Crippen LogP contribution in [0.25, 0.3) is 0 Å². The molecule has 2 rings (SSSR count). The van der Waals surface area contributed by atoms with E-state index in [0.717, 1.165) is 11.4 Å². The molecule has 17 heavy (non-hydrogen) atoms. The quantitative estimate of drug-likeness (QED) is 0.946. The molecule has 0 bridgehead atoms. The van der Waals surface area contributed by atoms with Crippen molar-refractivity contribution in [1.82, 2.24) is 9.55 Å². The highest BCUT2D eigenvalue weighted by molar-refractivity contribution is 9.10. The van der Waals surface area contributed by atoms with E-state index < -0.39 is 0 Å². The number of halogens is 2. The zero-order chi connectivity index (χ0) is 12.4. The Balaban J connectivity index is 2.23. The van der Waals surface area contributed by atoms with Gasteiger partial charge in [-0.05, 0) is 27.6 Å². The highest BCUT2D eigenvalue weighted by atomic mass is 79.9. The lowest BCUT2D eigenvalue weighted by Crippen LogP contribution is -2.16. The standard InChI is InChI=1S/C12H13BrFN3/c1-17-6-5-16-11(17)7-10(15)8-3-2-4-9(14)12(8)13/h2-6,10H,7,15H2,1H3. The van der Waals surface area contributed by atoms with Crippen molar-refractivity contribution in [2.75, 3.05) is 0 Å². The molecule has 2 N–H and O–H groups in total. The second-order valence-corrected chi connectivity index (χ2v) is 4.70. The number of imidazole rings is 1. The first-order chi connectivity index (χ1) is 8.09. The molecule has 1 atom stereocenters. The van der Waals surface area contributed by atoms with Gasteiger partial charge in [-0.3, -0.25) is 0 Å². The first kappa shape index (κ1) is 12.3. The van der Waals surface area contributed by atoms with Crippen LogP contribution < -0.4 is 5.73 Å². The van der Waals surface area contributed by atoms with Crippen LogP contribution in [0.15, 0.2) is 35.1 Å². The zero-order valence-electron chi connectivity index (χ0n) is 9.40. The smallest absolute Gasteiger partial charge is 0.137 e. The molecule has 0 spiro atoms. The van der Waals surface area contributed by atoms with Crippen molar-refractivity contribution in [2.24, 2.45) is 12.8 Å². The highest BCUT2D eigenvalue weighted by Crippen LogP contribution is 2.26. The van der Waals surface area contributed by atoms with Crippen molar-refractivity contribution in [3.8, 4) is 0 Å². The van der Waals surface area contributed by atoms with Crippen molar-refractivity contribution < 1.29 is 4.39 Å². The lowest BCUT2D eigenvalue weighted by Gasteiger charge is -2.14. The molecule has 0 aliphatic heterocycles. The van der Waals surface area contributed by atoms with Gasteiger partial charge in [-0.1, -0.05) is 12.1 Å². The van der Waals surface area contributed by atoms with E-state index >= 15 is 0 Å². The normalized spacial score (nSPS) is 12.7. The number of hydrogen-bond donors (Lipinski definition) is 1. The van der Waals surface area contributed by atoms with Gasteiger partial charge in [0.1, 0.15) is 11.6 Å². The summed E-state index contributed by atoms with van der Waals surface area (Å²) in [5.41, 5.74) is 6.83. The molecule has 1 aromatic carbocycles. The molecule has 1 heterocycles. The van der Waals surface area contributed by atoms with Crippen molar-refractivity contribution in [2.45, 2.75) is 12.5 Å². The molecule has 0 amide bonds. The Morgan fingerprint density at radius 2 is 2.29 bits per heavy atom. The fraction of sp³-hybridized carbons (Fsp3) is 0.250. The lowest BCUT2D eigenvalue weighted by atomic mass is 10.0. The maximum absolute atomic E-state index is 13.4. The minimum atomic E-state index is -0.294. The van der Waals surface area contributed by atoms with Crippen LogP contribution in [-0.4, -0.2) is 9.55 Å². The lowest BCUT2D eigenvalue weighted by molar-refractivity contribution is 0.604. The molecular formula is C12H13BrFN3. The van der Waals surface area contributed by atoms with Gasteiger partial charge in [0.05, 0.1) is 4.47 Å². The molecule has 0 saturated carbocycles. The molecule has 0 radical (unpaired) electrons. The summed E-state index contributed by atoms with van der Waals surface area (Å²) < 4.78 is 15.7. The van der Waals surface area contributed by atoms with E-state index in [4.69, 9.17) is 5.73 Å². The Morgan fingerprint density at radius 1 is 1.53 bits per heavy atom. The van der Waals surface area contributed by atoms with Gasteiger partial charge in [0.15, 0.2) is 0 Å². The SMILES string of the molecule is Cn1ccnc1CC(N)c1cccc(F)c1Br. The van der Waals surface area contributed by atoms with Gasteiger partial charge in [0.25, 0.3) is 0 Å². The topological polar surface area (TPSA) is 43.8 Å². The summed E-state index contributed by atoms with van der Waals surface area (Å²) in [7, 11) is 1.91. The van der Waals surface area contributed by atoms with Gasteiger partial charge >= 0.3 is 0 Å².